The first-order chi connectivity index (χ1) is 9.15. The summed E-state index contributed by atoms with van der Waals surface area (Å²) in [6.45, 7) is 11.9. The molecular weight excluding hydrogens is 234 g/mol. The summed E-state index contributed by atoms with van der Waals surface area (Å²) in [5.74, 6) is 0. The monoisotopic (exact) mass is 255 g/mol. The van der Waals surface area contributed by atoms with Crippen LogP contribution in [0, 0.1) is 13.8 Å². The minimum atomic E-state index is 0.825. The Hall–Kier alpha value is -1.67. The van der Waals surface area contributed by atoms with Gasteiger partial charge in [-0.15, -0.1) is 0 Å². The molecular formula is C17H21NO. The number of carbonyl (C=O) groups is 1. The summed E-state index contributed by atoms with van der Waals surface area (Å²) in [5, 5.41) is 3.42. The zero-order chi connectivity index (χ0) is 14.0. The lowest BCUT2D eigenvalue weighted by atomic mass is 9.82. The van der Waals surface area contributed by atoms with Gasteiger partial charge in [0.05, 0.1) is 0 Å². The van der Waals surface area contributed by atoms with E-state index in [-0.39, 0.29) is 0 Å². The molecule has 0 fully saturated rings. The molecule has 2 heteroatoms. The Morgan fingerprint density at radius 3 is 2.58 bits per heavy atom. The maximum Gasteiger partial charge on any atom is 0.150 e. The molecule has 100 valence electrons. The van der Waals surface area contributed by atoms with Gasteiger partial charge in [-0.25, -0.2) is 0 Å². The topological polar surface area (TPSA) is 29.1 Å². The highest BCUT2D eigenvalue weighted by Crippen LogP contribution is 2.33. The second kappa shape index (κ2) is 5.54. The maximum absolute atomic E-state index is 11.5. The number of allylic oxidation sites excluding steroid dienone is 3. The lowest BCUT2D eigenvalue weighted by Crippen LogP contribution is -2.26. The van der Waals surface area contributed by atoms with Gasteiger partial charge in [0.2, 0.25) is 0 Å². The molecule has 0 unspecified atom stereocenters. The van der Waals surface area contributed by atoms with E-state index in [1.54, 1.807) is 0 Å². The molecule has 0 atom stereocenters. The van der Waals surface area contributed by atoms with Crippen molar-refractivity contribution >= 4 is 11.9 Å². The standard InChI is InChI=1S/C17H21NO/c1-5-13(6-2)17-12(4)15-9-18-8-7-14(15)11(3)16(17)10-19/h5-6,10,18H,1,7-9H2,2-4H3/b13-6+. The second-order valence-electron chi connectivity index (χ2n) is 4.99. The number of nitrogens with one attached hydrogen (secondary N) is 1. The highest BCUT2D eigenvalue weighted by molar-refractivity contribution is 5.92. The average Bonchev–Trinajstić information content (AvgIpc) is 2.45. The van der Waals surface area contributed by atoms with E-state index in [2.05, 4.69) is 25.7 Å². The highest BCUT2D eigenvalue weighted by Gasteiger charge is 2.21. The third kappa shape index (κ3) is 2.17. The average molecular weight is 255 g/mol. The van der Waals surface area contributed by atoms with Gasteiger partial charge in [-0.3, -0.25) is 4.79 Å². The fourth-order valence-electron chi connectivity index (χ4n) is 3.04. The number of aldehydes is 1. The van der Waals surface area contributed by atoms with Crippen LogP contribution in [0.15, 0.2) is 18.7 Å². The molecule has 0 saturated carbocycles. The molecule has 1 aliphatic heterocycles. The van der Waals surface area contributed by atoms with Crippen LogP contribution in [-0.4, -0.2) is 12.8 Å². The lowest BCUT2D eigenvalue weighted by molar-refractivity contribution is 0.112. The van der Waals surface area contributed by atoms with Crippen molar-refractivity contribution in [3.8, 4) is 0 Å². The number of rotatable bonds is 3. The Bertz CT molecular complexity index is 567. The van der Waals surface area contributed by atoms with Crippen molar-refractivity contribution in [3.63, 3.8) is 0 Å². The van der Waals surface area contributed by atoms with E-state index in [9.17, 15) is 4.79 Å². The predicted octanol–water partition coefficient (Wildman–Crippen LogP) is 3.35. The molecule has 0 radical (unpaired) electrons. The van der Waals surface area contributed by atoms with Crippen molar-refractivity contribution in [1.29, 1.82) is 0 Å². The molecule has 0 spiro atoms. The first-order valence-corrected chi connectivity index (χ1v) is 6.75. The summed E-state index contributed by atoms with van der Waals surface area (Å²) in [5.41, 5.74) is 7.96. The molecule has 0 bridgehead atoms. The largest absolute Gasteiger partial charge is 0.312 e. The van der Waals surface area contributed by atoms with E-state index >= 15 is 0 Å². The Morgan fingerprint density at radius 1 is 1.26 bits per heavy atom. The van der Waals surface area contributed by atoms with Gasteiger partial charge in [0.15, 0.2) is 6.29 Å². The SMILES string of the molecule is C=C/C(=C\C)c1c(C)c2c(c(C)c1C=O)CCNC2. The van der Waals surface area contributed by atoms with Gasteiger partial charge in [0, 0.05) is 12.1 Å². The van der Waals surface area contributed by atoms with Crippen molar-refractivity contribution in [2.75, 3.05) is 6.54 Å². The number of carbonyl (C=O) groups excluding carboxylic acids is 1. The van der Waals surface area contributed by atoms with Crippen LogP contribution >= 0.6 is 0 Å². The van der Waals surface area contributed by atoms with Gasteiger partial charge in [0.25, 0.3) is 0 Å². The van der Waals surface area contributed by atoms with Gasteiger partial charge in [0.1, 0.15) is 0 Å². The quantitative estimate of drug-likeness (QED) is 0.663. The van der Waals surface area contributed by atoms with Crippen molar-refractivity contribution in [3.05, 3.63) is 52.1 Å². The van der Waals surface area contributed by atoms with Crippen LogP contribution in [0.1, 0.15) is 45.1 Å². The maximum atomic E-state index is 11.5. The summed E-state index contributed by atoms with van der Waals surface area (Å²) in [4.78, 5) is 11.5. The summed E-state index contributed by atoms with van der Waals surface area (Å²) >= 11 is 0. The van der Waals surface area contributed by atoms with E-state index in [4.69, 9.17) is 0 Å². The normalized spacial score (nSPS) is 15.0. The van der Waals surface area contributed by atoms with Crippen LogP contribution in [0.4, 0.5) is 0 Å². The Morgan fingerprint density at radius 2 is 2.00 bits per heavy atom. The third-order valence-corrected chi connectivity index (χ3v) is 4.11. The van der Waals surface area contributed by atoms with Gasteiger partial charge in [-0.2, -0.15) is 0 Å². The van der Waals surface area contributed by atoms with Crippen LogP contribution in [0.5, 0.6) is 0 Å². The molecule has 0 aromatic heterocycles. The molecule has 1 aliphatic rings. The molecule has 2 rings (SSSR count). The Balaban J connectivity index is 2.83. The zero-order valence-corrected chi connectivity index (χ0v) is 12.0. The number of hydrogen-bond acceptors (Lipinski definition) is 2. The fraction of sp³-hybridized carbons (Fsp3) is 0.353. The summed E-state index contributed by atoms with van der Waals surface area (Å²) in [6.07, 6.45) is 5.84. The molecule has 19 heavy (non-hydrogen) atoms. The summed E-state index contributed by atoms with van der Waals surface area (Å²) < 4.78 is 0. The Kier molecular flexibility index (Phi) is 4.01. The van der Waals surface area contributed by atoms with E-state index in [1.165, 1.54) is 16.7 Å². The smallest absolute Gasteiger partial charge is 0.150 e. The van der Waals surface area contributed by atoms with E-state index in [0.29, 0.717) is 0 Å². The van der Waals surface area contributed by atoms with Gasteiger partial charge in [-0.1, -0.05) is 18.7 Å². The molecule has 1 N–H and O–H groups in total. The summed E-state index contributed by atoms with van der Waals surface area (Å²) in [7, 11) is 0. The molecule has 2 nitrogen and oxygen atoms in total. The van der Waals surface area contributed by atoms with Crippen molar-refractivity contribution < 1.29 is 4.79 Å². The number of hydrogen-bond donors (Lipinski definition) is 1. The molecule has 1 aromatic rings. The van der Waals surface area contributed by atoms with Gasteiger partial charge >= 0.3 is 0 Å². The number of fused-ring (bicyclic) bond motifs is 1. The second-order valence-corrected chi connectivity index (χ2v) is 4.99. The van der Waals surface area contributed by atoms with Crippen LogP contribution < -0.4 is 5.32 Å². The molecule has 0 saturated heterocycles. The van der Waals surface area contributed by atoms with Crippen molar-refractivity contribution in [1.82, 2.24) is 5.32 Å². The predicted molar refractivity (Wildman–Crippen MR) is 80.6 cm³/mol. The van der Waals surface area contributed by atoms with Gasteiger partial charge < -0.3 is 5.32 Å². The first-order valence-electron chi connectivity index (χ1n) is 6.75. The summed E-state index contributed by atoms with van der Waals surface area (Å²) in [6, 6.07) is 0. The first kappa shape index (κ1) is 13.8. The van der Waals surface area contributed by atoms with Crippen LogP contribution in [0.25, 0.3) is 5.57 Å². The van der Waals surface area contributed by atoms with E-state index in [0.717, 1.165) is 48.1 Å². The van der Waals surface area contributed by atoms with Crippen molar-refractivity contribution in [2.45, 2.75) is 33.7 Å². The van der Waals surface area contributed by atoms with E-state index < -0.39 is 0 Å². The minimum absolute atomic E-state index is 0.825. The van der Waals surface area contributed by atoms with Crippen molar-refractivity contribution in [2.24, 2.45) is 0 Å². The molecule has 0 aliphatic carbocycles. The molecule has 0 amide bonds. The Labute approximate surface area is 115 Å². The van der Waals surface area contributed by atoms with Crippen LogP contribution in [-0.2, 0) is 13.0 Å². The highest BCUT2D eigenvalue weighted by atomic mass is 16.1. The van der Waals surface area contributed by atoms with Crippen LogP contribution in [0.3, 0.4) is 0 Å². The van der Waals surface area contributed by atoms with Crippen LogP contribution in [0.2, 0.25) is 0 Å². The lowest BCUT2D eigenvalue weighted by Gasteiger charge is -2.26. The molecule has 1 heterocycles. The van der Waals surface area contributed by atoms with Gasteiger partial charge in [-0.05, 0) is 67.1 Å². The molecule has 1 aromatic carbocycles. The minimum Gasteiger partial charge on any atom is -0.312 e. The fourth-order valence-corrected chi connectivity index (χ4v) is 3.04. The van der Waals surface area contributed by atoms with E-state index in [1.807, 2.05) is 19.1 Å². The number of benzene rings is 1. The third-order valence-electron chi connectivity index (χ3n) is 4.11. The zero-order valence-electron chi connectivity index (χ0n) is 12.0.